The molecule has 1 aromatic carbocycles. The number of carbonyl (C=O) groups is 8. The van der Waals surface area contributed by atoms with Gasteiger partial charge in [-0.3, -0.25) is 34.2 Å². The normalized spacial score (nSPS) is 16.7. The van der Waals surface area contributed by atoms with Gasteiger partial charge in [-0.05, 0) is 69.6 Å². The second-order valence-electron chi connectivity index (χ2n) is 11.5. The maximum atomic E-state index is 13.5. The van der Waals surface area contributed by atoms with E-state index in [4.69, 9.17) is 23.7 Å². The molecule has 0 spiro atoms. The van der Waals surface area contributed by atoms with Gasteiger partial charge in [0, 0.05) is 39.3 Å². The molecule has 1 saturated heterocycles. The first kappa shape index (κ1) is 41.9. The molecule has 0 N–H and O–H groups in total. The van der Waals surface area contributed by atoms with E-state index in [1.165, 1.54) is 49.9 Å². The summed E-state index contributed by atoms with van der Waals surface area (Å²) in [6.07, 6.45) is -5.87. The van der Waals surface area contributed by atoms with Crippen LogP contribution in [0.25, 0.3) is 11.0 Å². The van der Waals surface area contributed by atoms with Crippen molar-refractivity contribution >= 4 is 86.2 Å². The lowest BCUT2D eigenvalue weighted by Crippen LogP contribution is -2.45. The predicted molar refractivity (Wildman–Crippen MR) is 182 cm³/mol. The van der Waals surface area contributed by atoms with Crippen molar-refractivity contribution in [2.24, 2.45) is 4.99 Å². The Morgan fingerprint density at radius 3 is 1.49 bits per heavy atom. The van der Waals surface area contributed by atoms with Crippen molar-refractivity contribution < 1.29 is 66.8 Å². The van der Waals surface area contributed by atoms with Crippen LogP contribution in [-0.2, 0) is 66.8 Å². The number of guanidine groups is 1. The molecule has 0 radical (unpaired) electrons. The Bertz CT molecular complexity index is 1820. The van der Waals surface area contributed by atoms with E-state index in [2.05, 4.69) is 35.6 Å². The molecule has 53 heavy (non-hydrogen) atoms. The van der Waals surface area contributed by atoms with Gasteiger partial charge in [-0.2, -0.15) is 0 Å². The van der Waals surface area contributed by atoms with Crippen LogP contribution in [0.4, 0.5) is 5.69 Å². The summed E-state index contributed by atoms with van der Waals surface area (Å²) >= 11 is 3.46. The number of fused-ring (bicyclic) bond motifs is 1. The van der Waals surface area contributed by atoms with E-state index in [9.17, 15) is 38.4 Å². The van der Waals surface area contributed by atoms with E-state index < -0.39 is 78.3 Å². The van der Waals surface area contributed by atoms with Gasteiger partial charge in [0.1, 0.15) is 5.52 Å². The van der Waals surface area contributed by atoms with Crippen LogP contribution in [0.3, 0.4) is 0 Å². The number of halogens is 1. The molecule has 2 amide bonds. The topological polar surface area (TPSA) is 237 Å². The van der Waals surface area contributed by atoms with Crippen molar-refractivity contribution in [3.05, 3.63) is 29.0 Å². The molecule has 2 heterocycles. The third kappa shape index (κ3) is 11.0. The van der Waals surface area contributed by atoms with E-state index >= 15 is 0 Å². The highest BCUT2D eigenvalue weighted by atomic mass is 79.9. The molecule has 1 aliphatic heterocycles. The van der Waals surface area contributed by atoms with E-state index in [1.807, 2.05) is 0 Å². The Kier molecular flexibility index (Phi) is 14.5. The van der Waals surface area contributed by atoms with E-state index in [0.717, 1.165) is 27.7 Å². The summed E-state index contributed by atoms with van der Waals surface area (Å²) in [5.74, 6) is -7.46. The van der Waals surface area contributed by atoms with Crippen molar-refractivity contribution in [1.29, 1.82) is 0 Å². The van der Waals surface area contributed by atoms with Crippen LogP contribution in [0.2, 0.25) is 0 Å². The predicted octanol–water partition coefficient (Wildman–Crippen LogP) is 1.68. The van der Waals surface area contributed by atoms with Crippen LogP contribution in [0.1, 0.15) is 55.4 Å². The molecule has 286 valence electrons. The number of esters is 6. The molecule has 6 atom stereocenters. The van der Waals surface area contributed by atoms with Crippen LogP contribution in [0, 0.1) is 0 Å². The number of carbonyl (C=O) groups excluding carboxylic acids is 8. The number of amides is 2. The Morgan fingerprint density at radius 1 is 0.623 bits per heavy atom. The standard InChI is InChI=1S/C33H38BrN5O14/c1-15(27(42)39-14-13-38(21(7)40)33(39)37-23-9-10-24-26(25(23)34)36-12-11-35-24)49-29(44)17(3)51-31(46)19(5)53-32(47)20(6)52-30(45)18(4)50-28(43)16(2)48-22(8)41/h9-12,15-20H,13-14H2,1-8H3/b37-33+. The first-order valence-corrected chi connectivity index (χ1v) is 16.9. The monoisotopic (exact) mass is 807 g/mol. The SMILES string of the molecule is CC(=O)OC(C)C(=O)OC(C)C(=O)OC(C)C(=O)OC(C)C(=O)OC(C)C(=O)OC(C)C(=O)N1CCN(C(C)=O)/C1=N\c1ccc2nccnc2c1Br. The van der Waals surface area contributed by atoms with Gasteiger partial charge < -0.3 is 28.4 Å². The summed E-state index contributed by atoms with van der Waals surface area (Å²) in [5.41, 5.74) is 1.45. The largest absolute Gasteiger partial charge is 0.451 e. The lowest BCUT2D eigenvalue weighted by Gasteiger charge is -2.24. The van der Waals surface area contributed by atoms with Gasteiger partial charge in [-0.1, -0.05) is 0 Å². The average molecular weight is 809 g/mol. The smallest absolute Gasteiger partial charge is 0.347 e. The molecular formula is C33H38BrN5O14. The fourth-order valence-corrected chi connectivity index (χ4v) is 5.00. The molecule has 1 fully saturated rings. The van der Waals surface area contributed by atoms with Crippen LogP contribution in [0.5, 0.6) is 0 Å². The average Bonchev–Trinajstić information content (AvgIpc) is 3.52. The van der Waals surface area contributed by atoms with Crippen molar-refractivity contribution in [1.82, 2.24) is 19.8 Å². The summed E-state index contributed by atoms with van der Waals surface area (Å²) < 4.78 is 30.2. The Balaban J connectivity index is 1.56. The van der Waals surface area contributed by atoms with Crippen molar-refractivity contribution in [3.8, 4) is 0 Å². The van der Waals surface area contributed by atoms with Crippen LogP contribution >= 0.6 is 15.9 Å². The van der Waals surface area contributed by atoms with Gasteiger partial charge in [0.15, 0.2) is 36.6 Å². The highest BCUT2D eigenvalue weighted by Crippen LogP contribution is 2.32. The zero-order chi connectivity index (χ0) is 39.7. The minimum absolute atomic E-state index is 0.00583. The number of aliphatic imine (C=N–C) groups is 1. The van der Waals surface area contributed by atoms with Crippen molar-refractivity contribution in [2.75, 3.05) is 13.1 Å². The van der Waals surface area contributed by atoms with Gasteiger partial charge >= 0.3 is 35.8 Å². The molecule has 0 bridgehead atoms. The maximum Gasteiger partial charge on any atom is 0.347 e. The zero-order valence-electron chi connectivity index (χ0n) is 30.0. The number of nitrogens with zero attached hydrogens (tertiary/aromatic N) is 5. The summed E-state index contributed by atoms with van der Waals surface area (Å²) in [7, 11) is 0. The Hall–Kier alpha value is -5.53. The minimum Gasteiger partial charge on any atom is -0.451 e. The minimum atomic E-state index is -1.58. The van der Waals surface area contributed by atoms with Gasteiger partial charge in [0.2, 0.25) is 11.9 Å². The van der Waals surface area contributed by atoms with Crippen LogP contribution in [-0.4, -0.2) is 123 Å². The zero-order valence-corrected chi connectivity index (χ0v) is 31.6. The molecular weight excluding hydrogens is 770 g/mol. The van der Waals surface area contributed by atoms with Gasteiger partial charge in [-0.25, -0.2) is 29.0 Å². The van der Waals surface area contributed by atoms with Gasteiger partial charge in [0.05, 0.1) is 15.7 Å². The quantitative estimate of drug-likeness (QED) is 0.207. The lowest BCUT2D eigenvalue weighted by molar-refractivity contribution is -0.187. The third-order valence-corrected chi connectivity index (χ3v) is 8.05. The highest BCUT2D eigenvalue weighted by Gasteiger charge is 2.38. The molecule has 0 saturated carbocycles. The van der Waals surface area contributed by atoms with Crippen LogP contribution < -0.4 is 0 Å². The van der Waals surface area contributed by atoms with E-state index in [-0.39, 0.29) is 25.0 Å². The van der Waals surface area contributed by atoms with E-state index in [1.54, 1.807) is 12.1 Å². The Labute approximate surface area is 311 Å². The fraction of sp³-hybridized carbons (Fsp3) is 0.485. The number of ether oxygens (including phenoxy) is 6. The first-order chi connectivity index (χ1) is 24.8. The molecule has 1 aromatic heterocycles. The van der Waals surface area contributed by atoms with Crippen LogP contribution in [0.15, 0.2) is 34.0 Å². The number of hydrogen-bond acceptors (Lipinski definition) is 17. The Morgan fingerprint density at radius 2 is 1.04 bits per heavy atom. The van der Waals surface area contributed by atoms with Crippen molar-refractivity contribution in [2.45, 2.75) is 92.0 Å². The second kappa shape index (κ2) is 18.3. The number of aromatic nitrogens is 2. The first-order valence-electron chi connectivity index (χ1n) is 16.1. The summed E-state index contributed by atoms with van der Waals surface area (Å²) in [4.78, 5) is 115. The van der Waals surface area contributed by atoms with Crippen molar-refractivity contribution in [3.63, 3.8) is 0 Å². The number of rotatable bonds is 13. The summed E-state index contributed by atoms with van der Waals surface area (Å²) in [6, 6.07) is 3.31. The molecule has 1 aliphatic rings. The molecule has 0 aliphatic carbocycles. The molecule has 6 unspecified atom stereocenters. The number of hydrogen-bond donors (Lipinski definition) is 0. The number of benzene rings is 1. The van der Waals surface area contributed by atoms with E-state index in [0.29, 0.717) is 21.2 Å². The summed E-state index contributed by atoms with van der Waals surface area (Å²) in [5, 5.41) is 0. The van der Waals surface area contributed by atoms with Gasteiger partial charge in [0.25, 0.3) is 5.91 Å². The summed E-state index contributed by atoms with van der Waals surface area (Å²) in [6.45, 7) is 9.68. The molecule has 2 aromatic rings. The molecule has 3 rings (SSSR count). The van der Waals surface area contributed by atoms with Gasteiger partial charge in [-0.15, -0.1) is 0 Å². The second-order valence-corrected chi connectivity index (χ2v) is 12.3. The highest BCUT2D eigenvalue weighted by molar-refractivity contribution is 9.10. The molecule has 19 nitrogen and oxygen atoms in total. The lowest BCUT2D eigenvalue weighted by atomic mass is 10.2. The third-order valence-electron chi connectivity index (χ3n) is 7.27. The maximum absolute atomic E-state index is 13.5. The fourth-order valence-electron chi connectivity index (χ4n) is 4.47. The molecule has 20 heteroatoms.